The fourth-order valence-corrected chi connectivity index (χ4v) is 2.08. The summed E-state index contributed by atoms with van der Waals surface area (Å²) in [6.45, 7) is 3.02. The van der Waals surface area contributed by atoms with E-state index in [9.17, 15) is 0 Å². The molecule has 0 aliphatic carbocycles. The van der Waals surface area contributed by atoms with Gasteiger partial charge in [-0.1, -0.05) is 36.2 Å². The third kappa shape index (κ3) is 2.73. The van der Waals surface area contributed by atoms with Crippen LogP contribution in [0.25, 0.3) is 0 Å². The summed E-state index contributed by atoms with van der Waals surface area (Å²) in [6, 6.07) is 5.40. The molecule has 0 bridgehead atoms. The number of rotatable bonds is 4. The number of halogens is 2. The van der Waals surface area contributed by atoms with Crippen molar-refractivity contribution in [3.05, 3.63) is 40.6 Å². The topological polar surface area (TPSA) is 29.9 Å². The van der Waals surface area contributed by atoms with Gasteiger partial charge >= 0.3 is 0 Å². The fraction of sp³-hybridized carbons (Fsp3) is 0.250. The number of aromatic nitrogens is 2. The Bertz CT molecular complexity index is 488. The maximum Gasteiger partial charge on any atom is 0.207 e. The van der Waals surface area contributed by atoms with Crippen molar-refractivity contribution in [2.75, 3.05) is 5.32 Å². The average Bonchev–Trinajstić information content (AvgIpc) is 2.72. The highest BCUT2D eigenvalue weighted by molar-refractivity contribution is 6.39. The first kappa shape index (κ1) is 12.3. The largest absolute Gasteiger partial charge is 0.323 e. The van der Waals surface area contributed by atoms with Gasteiger partial charge in [-0.2, -0.15) is 0 Å². The molecule has 1 aromatic heterocycles. The minimum absolute atomic E-state index is 0.587. The van der Waals surface area contributed by atoms with Crippen LogP contribution in [0.3, 0.4) is 0 Å². The number of hydrogen-bond acceptors (Lipinski definition) is 2. The Morgan fingerprint density at radius 3 is 2.65 bits per heavy atom. The van der Waals surface area contributed by atoms with Gasteiger partial charge in [0.15, 0.2) is 0 Å². The number of anilines is 2. The molecule has 2 aromatic rings. The number of nitrogens with zero attached hydrogens (tertiary/aromatic N) is 2. The van der Waals surface area contributed by atoms with Gasteiger partial charge < -0.3 is 9.88 Å². The number of benzene rings is 1. The quantitative estimate of drug-likeness (QED) is 0.895. The van der Waals surface area contributed by atoms with E-state index in [4.69, 9.17) is 23.2 Å². The van der Waals surface area contributed by atoms with Gasteiger partial charge in [-0.3, -0.25) is 0 Å². The lowest BCUT2D eigenvalue weighted by Gasteiger charge is -2.11. The maximum absolute atomic E-state index is 6.09. The van der Waals surface area contributed by atoms with Crippen molar-refractivity contribution in [3.63, 3.8) is 0 Å². The van der Waals surface area contributed by atoms with Gasteiger partial charge in [-0.25, -0.2) is 4.98 Å². The predicted octanol–water partition coefficient (Wildman–Crippen LogP) is 4.34. The summed E-state index contributed by atoms with van der Waals surface area (Å²) in [5.74, 6) is 0.752. The normalized spacial score (nSPS) is 10.5. The van der Waals surface area contributed by atoms with Crippen LogP contribution in [0, 0.1) is 0 Å². The number of nitrogens with one attached hydrogen (secondary N) is 1. The molecule has 0 saturated heterocycles. The number of hydrogen-bond donors (Lipinski definition) is 1. The van der Waals surface area contributed by atoms with Crippen molar-refractivity contribution in [1.29, 1.82) is 0 Å². The van der Waals surface area contributed by atoms with E-state index in [2.05, 4.69) is 17.2 Å². The van der Waals surface area contributed by atoms with Gasteiger partial charge in [0.2, 0.25) is 5.95 Å². The fourth-order valence-electron chi connectivity index (χ4n) is 1.58. The van der Waals surface area contributed by atoms with E-state index >= 15 is 0 Å². The highest BCUT2D eigenvalue weighted by Crippen LogP contribution is 2.31. The highest BCUT2D eigenvalue weighted by Gasteiger charge is 2.08. The third-order valence-electron chi connectivity index (χ3n) is 2.38. The van der Waals surface area contributed by atoms with Crippen LogP contribution in [-0.4, -0.2) is 9.55 Å². The lowest BCUT2D eigenvalue weighted by Crippen LogP contribution is -2.03. The molecule has 1 N–H and O–H groups in total. The molecule has 0 aliphatic rings. The van der Waals surface area contributed by atoms with Crippen LogP contribution in [0.5, 0.6) is 0 Å². The van der Waals surface area contributed by atoms with Crippen LogP contribution in [-0.2, 0) is 6.54 Å². The van der Waals surface area contributed by atoms with Gasteiger partial charge in [-0.15, -0.1) is 0 Å². The smallest absolute Gasteiger partial charge is 0.207 e. The summed E-state index contributed by atoms with van der Waals surface area (Å²) in [5, 5.41) is 4.34. The monoisotopic (exact) mass is 269 g/mol. The van der Waals surface area contributed by atoms with Gasteiger partial charge in [0, 0.05) is 18.9 Å². The molecule has 3 nitrogen and oxygen atoms in total. The molecule has 0 spiro atoms. The van der Waals surface area contributed by atoms with E-state index < -0.39 is 0 Å². The summed E-state index contributed by atoms with van der Waals surface area (Å²) in [4.78, 5) is 4.25. The van der Waals surface area contributed by atoms with Crippen LogP contribution in [0.2, 0.25) is 10.0 Å². The molecule has 0 fully saturated rings. The van der Waals surface area contributed by atoms with Crippen molar-refractivity contribution in [3.8, 4) is 0 Å². The lowest BCUT2D eigenvalue weighted by molar-refractivity contribution is 0.686. The Hall–Kier alpha value is -1.19. The Morgan fingerprint density at radius 2 is 2.00 bits per heavy atom. The maximum atomic E-state index is 6.09. The molecule has 0 amide bonds. The van der Waals surface area contributed by atoms with E-state index in [-0.39, 0.29) is 0 Å². The predicted molar refractivity (Wildman–Crippen MR) is 72.3 cm³/mol. The average molecular weight is 270 g/mol. The van der Waals surface area contributed by atoms with Gasteiger partial charge in [0.1, 0.15) is 0 Å². The molecule has 1 heterocycles. The van der Waals surface area contributed by atoms with E-state index in [1.165, 1.54) is 0 Å². The molecule has 0 saturated carbocycles. The first-order valence-electron chi connectivity index (χ1n) is 5.44. The van der Waals surface area contributed by atoms with Crippen molar-refractivity contribution >= 4 is 34.8 Å². The molecule has 0 aliphatic heterocycles. The first-order valence-corrected chi connectivity index (χ1v) is 6.20. The minimum atomic E-state index is 0.587. The molecule has 90 valence electrons. The molecular weight excluding hydrogens is 257 g/mol. The van der Waals surface area contributed by atoms with Crippen molar-refractivity contribution < 1.29 is 0 Å². The second kappa shape index (κ2) is 5.43. The summed E-state index contributed by atoms with van der Waals surface area (Å²) in [6.07, 6.45) is 4.72. The second-order valence-corrected chi connectivity index (χ2v) is 4.48. The zero-order chi connectivity index (χ0) is 12.3. The van der Waals surface area contributed by atoms with Crippen LogP contribution in [0.15, 0.2) is 30.6 Å². The number of para-hydroxylation sites is 1. The van der Waals surface area contributed by atoms with E-state index in [1.807, 2.05) is 16.8 Å². The summed E-state index contributed by atoms with van der Waals surface area (Å²) < 4.78 is 2.03. The van der Waals surface area contributed by atoms with E-state index in [0.29, 0.717) is 15.7 Å². The van der Waals surface area contributed by atoms with Crippen molar-refractivity contribution in [2.24, 2.45) is 0 Å². The number of imidazole rings is 1. The van der Waals surface area contributed by atoms with Crippen molar-refractivity contribution in [2.45, 2.75) is 19.9 Å². The first-order chi connectivity index (χ1) is 8.22. The van der Waals surface area contributed by atoms with Crippen LogP contribution < -0.4 is 5.32 Å². The Balaban J connectivity index is 2.28. The molecular formula is C12H13Cl2N3. The summed E-state index contributed by atoms with van der Waals surface area (Å²) >= 11 is 12.2. The van der Waals surface area contributed by atoms with Crippen LogP contribution >= 0.6 is 23.2 Å². The molecule has 1 aromatic carbocycles. The van der Waals surface area contributed by atoms with E-state index in [0.717, 1.165) is 18.9 Å². The molecule has 17 heavy (non-hydrogen) atoms. The SMILES string of the molecule is CCCn1ccnc1Nc1c(Cl)cccc1Cl. The molecule has 2 rings (SSSR count). The minimum Gasteiger partial charge on any atom is -0.323 e. The summed E-state index contributed by atoms with van der Waals surface area (Å²) in [5.41, 5.74) is 0.694. The molecule has 0 unspecified atom stereocenters. The standard InChI is InChI=1S/C12H13Cl2N3/c1-2-7-17-8-6-15-12(17)16-11-9(13)4-3-5-10(11)14/h3-6,8H,2,7H2,1H3,(H,15,16). The number of aryl methyl sites for hydroxylation is 1. The Kier molecular flexibility index (Phi) is 3.92. The Morgan fingerprint density at radius 1 is 1.29 bits per heavy atom. The lowest BCUT2D eigenvalue weighted by atomic mass is 10.3. The summed E-state index contributed by atoms with van der Waals surface area (Å²) in [7, 11) is 0. The van der Waals surface area contributed by atoms with Crippen molar-refractivity contribution in [1.82, 2.24) is 9.55 Å². The third-order valence-corrected chi connectivity index (χ3v) is 3.01. The Labute approximate surface area is 110 Å². The molecule has 0 radical (unpaired) electrons. The van der Waals surface area contributed by atoms with Gasteiger partial charge in [0.25, 0.3) is 0 Å². The highest BCUT2D eigenvalue weighted by atomic mass is 35.5. The van der Waals surface area contributed by atoms with Crippen LogP contribution in [0.1, 0.15) is 13.3 Å². The molecule has 0 atom stereocenters. The van der Waals surface area contributed by atoms with E-state index in [1.54, 1.807) is 18.3 Å². The second-order valence-electron chi connectivity index (χ2n) is 3.67. The van der Waals surface area contributed by atoms with Gasteiger partial charge in [-0.05, 0) is 18.6 Å². The zero-order valence-electron chi connectivity index (χ0n) is 9.45. The van der Waals surface area contributed by atoms with Gasteiger partial charge in [0.05, 0.1) is 15.7 Å². The molecule has 5 heteroatoms. The zero-order valence-corrected chi connectivity index (χ0v) is 11.0. The van der Waals surface area contributed by atoms with Crippen LogP contribution in [0.4, 0.5) is 11.6 Å².